The summed E-state index contributed by atoms with van der Waals surface area (Å²) in [5, 5.41) is 0. The van der Waals surface area contributed by atoms with E-state index in [-0.39, 0.29) is 23.3 Å². The Morgan fingerprint density at radius 2 is 2.10 bits per heavy atom. The van der Waals surface area contributed by atoms with Crippen molar-refractivity contribution in [1.29, 1.82) is 0 Å². The van der Waals surface area contributed by atoms with Gasteiger partial charge in [0.05, 0.1) is 7.11 Å². The number of hydrogen-bond donors (Lipinski definition) is 0. The van der Waals surface area contributed by atoms with Crippen molar-refractivity contribution in [1.82, 2.24) is 0 Å². The van der Waals surface area contributed by atoms with E-state index in [2.05, 4.69) is 22.5 Å². The summed E-state index contributed by atoms with van der Waals surface area (Å²) in [6.07, 6.45) is 4.79. The average Bonchev–Trinajstić information content (AvgIpc) is 2.42. The highest BCUT2D eigenvalue weighted by atomic mass is 79.9. The quantitative estimate of drug-likeness (QED) is 0.328. The summed E-state index contributed by atoms with van der Waals surface area (Å²) in [5.74, 6) is -0.736. The van der Waals surface area contributed by atoms with Crippen LogP contribution in [-0.2, 0) is 19.1 Å². The molecular weight excluding hydrogens is 336 g/mol. The molecule has 0 heterocycles. The zero-order chi connectivity index (χ0) is 16.3. The number of methoxy groups -OCH3 is 1. The van der Waals surface area contributed by atoms with Crippen LogP contribution in [0.15, 0.2) is 24.3 Å². The first kappa shape index (κ1) is 17.8. The van der Waals surface area contributed by atoms with Crippen molar-refractivity contribution in [3.8, 4) is 0 Å². The number of Topliss-reactive ketones (excluding diaryl/α,β-unsaturated/α-hetero) is 1. The Bertz CT molecular complexity index is 498. The van der Waals surface area contributed by atoms with E-state index in [1.807, 2.05) is 13.0 Å². The van der Waals surface area contributed by atoms with E-state index in [1.54, 1.807) is 13.0 Å². The molecule has 2 unspecified atom stereocenters. The van der Waals surface area contributed by atoms with Gasteiger partial charge >= 0.3 is 5.97 Å². The molecule has 5 heteroatoms. The fourth-order valence-electron chi connectivity index (χ4n) is 3.09. The van der Waals surface area contributed by atoms with Crippen molar-refractivity contribution < 1.29 is 19.1 Å². The lowest BCUT2D eigenvalue weighted by Gasteiger charge is -2.42. The number of rotatable bonds is 5. The van der Waals surface area contributed by atoms with Crippen LogP contribution >= 0.6 is 15.9 Å². The molecule has 0 aromatic heterocycles. The monoisotopic (exact) mass is 356 g/mol. The molecule has 1 aliphatic rings. The lowest BCUT2D eigenvalue weighted by molar-refractivity contribution is -0.162. The molecular formula is C16H21BrO4. The predicted molar refractivity (Wildman–Crippen MR) is 83.9 cm³/mol. The highest BCUT2D eigenvalue weighted by Crippen LogP contribution is 2.50. The first-order valence-corrected chi connectivity index (χ1v) is 7.61. The third-order valence-corrected chi connectivity index (χ3v) is 5.05. The van der Waals surface area contributed by atoms with Crippen LogP contribution in [0.3, 0.4) is 0 Å². The van der Waals surface area contributed by atoms with Crippen LogP contribution in [0.25, 0.3) is 0 Å². The van der Waals surface area contributed by atoms with Crippen molar-refractivity contribution >= 4 is 32.4 Å². The van der Waals surface area contributed by atoms with Gasteiger partial charge in [0.15, 0.2) is 0 Å². The third kappa shape index (κ3) is 3.51. The lowest BCUT2D eigenvalue weighted by atomic mass is 9.60. The number of esters is 1. The summed E-state index contributed by atoms with van der Waals surface area (Å²) in [4.78, 5) is 36.4. The van der Waals surface area contributed by atoms with E-state index in [0.29, 0.717) is 12.8 Å². The standard InChI is InChI=1S/C16H21BrO4/c1-5-6-11(2)9-16(13(17)19)8-7-12(18)15(3,10-16)14(20)21-4/h5-6H,1,7-10H2,2-4H3/b11-6+. The van der Waals surface area contributed by atoms with E-state index in [0.717, 1.165) is 5.57 Å². The normalized spacial score (nSPS) is 29.9. The third-order valence-electron chi connectivity index (χ3n) is 4.21. The van der Waals surface area contributed by atoms with E-state index in [4.69, 9.17) is 4.74 Å². The number of carbonyl (C=O) groups is 3. The molecule has 1 rings (SSSR count). The second kappa shape index (κ2) is 6.69. The zero-order valence-electron chi connectivity index (χ0n) is 12.7. The highest BCUT2D eigenvalue weighted by molar-refractivity contribution is 9.18. The summed E-state index contributed by atoms with van der Waals surface area (Å²) in [5.41, 5.74) is -1.04. The molecule has 21 heavy (non-hydrogen) atoms. The van der Waals surface area contributed by atoms with Crippen LogP contribution in [0.2, 0.25) is 0 Å². The van der Waals surface area contributed by atoms with Crippen LogP contribution < -0.4 is 0 Å². The Morgan fingerprint density at radius 3 is 2.57 bits per heavy atom. The average molecular weight is 357 g/mol. The largest absolute Gasteiger partial charge is 0.468 e. The van der Waals surface area contributed by atoms with Gasteiger partial charge in [-0.05, 0) is 49.0 Å². The maximum Gasteiger partial charge on any atom is 0.319 e. The van der Waals surface area contributed by atoms with Crippen LogP contribution in [-0.4, -0.2) is 23.6 Å². The van der Waals surface area contributed by atoms with Gasteiger partial charge in [-0.15, -0.1) is 0 Å². The van der Waals surface area contributed by atoms with Crippen molar-refractivity contribution in [3.05, 3.63) is 24.3 Å². The maximum atomic E-state index is 12.2. The molecule has 4 nitrogen and oxygen atoms in total. The van der Waals surface area contributed by atoms with Crippen molar-refractivity contribution in [2.24, 2.45) is 10.8 Å². The van der Waals surface area contributed by atoms with Crippen molar-refractivity contribution in [2.75, 3.05) is 7.11 Å². The number of ketones is 1. The molecule has 0 spiro atoms. The number of carbonyl (C=O) groups excluding carboxylic acids is 3. The van der Waals surface area contributed by atoms with Gasteiger partial charge in [0.25, 0.3) is 0 Å². The van der Waals surface area contributed by atoms with Gasteiger partial charge in [-0.2, -0.15) is 0 Å². The molecule has 1 aliphatic carbocycles. The fraction of sp³-hybridized carbons (Fsp3) is 0.562. The number of allylic oxidation sites excluding steroid dienone is 3. The molecule has 0 amide bonds. The Kier molecular flexibility index (Phi) is 5.68. The Morgan fingerprint density at radius 1 is 1.48 bits per heavy atom. The van der Waals surface area contributed by atoms with Crippen LogP contribution in [0, 0.1) is 10.8 Å². The molecule has 0 radical (unpaired) electrons. The van der Waals surface area contributed by atoms with Gasteiger partial charge in [0, 0.05) is 11.8 Å². The first-order chi connectivity index (χ1) is 9.71. The minimum Gasteiger partial charge on any atom is -0.468 e. The van der Waals surface area contributed by atoms with Crippen LogP contribution in [0.4, 0.5) is 0 Å². The molecule has 0 aliphatic heterocycles. The maximum absolute atomic E-state index is 12.2. The van der Waals surface area contributed by atoms with E-state index < -0.39 is 16.8 Å². The van der Waals surface area contributed by atoms with Gasteiger partial charge < -0.3 is 4.74 Å². The summed E-state index contributed by atoms with van der Waals surface area (Å²) in [7, 11) is 1.26. The molecule has 0 N–H and O–H groups in total. The summed E-state index contributed by atoms with van der Waals surface area (Å²) in [6, 6.07) is 0. The van der Waals surface area contributed by atoms with Crippen LogP contribution in [0.1, 0.15) is 39.5 Å². The minimum atomic E-state index is -1.26. The Labute approximate surface area is 133 Å². The van der Waals surface area contributed by atoms with Gasteiger partial charge in [-0.1, -0.05) is 24.3 Å². The smallest absolute Gasteiger partial charge is 0.319 e. The van der Waals surface area contributed by atoms with Gasteiger partial charge in [-0.25, -0.2) is 0 Å². The minimum absolute atomic E-state index is 0.163. The summed E-state index contributed by atoms with van der Waals surface area (Å²) >= 11 is 3.06. The molecule has 0 aromatic rings. The van der Waals surface area contributed by atoms with Crippen molar-refractivity contribution in [3.63, 3.8) is 0 Å². The lowest BCUT2D eigenvalue weighted by Crippen LogP contribution is -2.48. The Balaban J connectivity index is 3.20. The van der Waals surface area contributed by atoms with Gasteiger partial charge in [0.2, 0.25) is 4.69 Å². The highest BCUT2D eigenvalue weighted by Gasteiger charge is 2.54. The summed E-state index contributed by atoms with van der Waals surface area (Å²) < 4.78 is 4.60. The summed E-state index contributed by atoms with van der Waals surface area (Å²) in [6.45, 7) is 7.12. The second-order valence-electron chi connectivity index (χ2n) is 5.90. The number of ether oxygens (including phenoxy) is 1. The number of hydrogen-bond acceptors (Lipinski definition) is 4. The van der Waals surface area contributed by atoms with Gasteiger partial charge in [0.1, 0.15) is 11.2 Å². The topological polar surface area (TPSA) is 60.4 Å². The van der Waals surface area contributed by atoms with E-state index >= 15 is 0 Å². The molecule has 0 bridgehead atoms. The van der Waals surface area contributed by atoms with Crippen LogP contribution in [0.5, 0.6) is 0 Å². The molecule has 0 saturated heterocycles. The molecule has 116 valence electrons. The van der Waals surface area contributed by atoms with E-state index in [9.17, 15) is 14.4 Å². The fourth-order valence-corrected chi connectivity index (χ4v) is 3.56. The predicted octanol–water partition coefficient (Wildman–Crippen LogP) is 3.35. The molecule has 2 atom stereocenters. The molecule has 1 fully saturated rings. The van der Waals surface area contributed by atoms with Gasteiger partial charge in [-0.3, -0.25) is 14.4 Å². The SMILES string of the molecule is C=C/C=C(\C)CC1(C(=O)Br)CCC(=O)C(C)(C(=O)OC)C1. The second-order valence-corrected chi connectivity index (χ2v) is 6.62. The molecule has 0 aromatic carbocycles. The van der Waals surface area contributed by atoms with Crippen molar-refractivity contribution in [2.45, 2.75) is 39.5 Å². The van der Waals surface area contributed by atoms with E-state index in [1.165, 1.54) is 7.11 Å². The Hall–Kier alpha value is -1.23. The zero-order valence-corrected chi connectivity index (χ0v) is 14.3. The first-order valence-electron chi connectivity index (χ1n) is 6.82. The molecule has 1 saturated carbocycles. The number of halogens is 1.